The first kappa shape index (κ1) is 20.5. The van der Waals surface area contributed by atoms with Gasteiger partial charge in [-0.2, -0.15) is 5.26 Å². The van der Waals surface area contributed by atoms with E-state index in [0.29, 0.717) is 11.3 Å². The molecule has 0 bridgehead atoms. The van der Waals surface area contributed by atoms with E-state index in [2.05, 4.69) is 65.1 Å². The van der Waals surface area contributed by atoms with E-state index in [4.69, 9.17) is 10.00 Å². The number of rotatable bonds is 4. The lowest BCUT2D eigenvalue weighted by molar-refractivity contribution is -0.118. The molecule has 0 aromatic heterocycles. The van der Waals surface area contributed by atoms with Crippen molar-refractivity contribution in [1.29, 1.82) is 5.26 Å². The van der Waals surface area contributed by atoms with Gasteiger partial charge in [-0.15, -0.1) is 0 Å². The lowest BCUT2D eigenvalue weighted by atomic mass is 9.80. The molecule has 1 N–H and O–H groups in total. The summed E-state index contributed by atoms with van der Waals surface area (Å²) in [5.41, 5.74) is 3.34. The van der Waals surface area contributed by atoms with E-state index in [1.807, 2.05) is 6.07 Å². The van der Waals surface area contributed by atoms with Crippen molar-refractivity contribution < 1.29 is 9.53 Å². The Hall–Kier alpha value is -2.80. The van der Waals surface area contributed by atoms with Gasteiger partial charge in [0.15, 0.2) is 6.61 Å². The predicted octanol–water partition coefficient (Wildman–Crippen LogP) is 5.17. The third kappa shape index (κ3) is 5.59. The van der Waals surface area contributed by atoms with Crippen LogP contribution in [0.3, 0.4) is 0 Å². The third-order valence-corrected chi connectivity index (χ3v) is 4.29. The number of hydrogen-bond donors (Lipinski definition) is 1. The van der Waals surface area contributed by atoms with E-state index in [9.17, 15) is 4.79 Å². The second-order valence-corrected chi connectivity index (χ2v) is 8.74. The number of amides is 1. The summed E-state index contributed by atoms with van der Waals surface area (Å²) >= 11 is 0. The molecule has 4 nitrogen and oxygen atoms in total. The molecule has 0 saturated heterocycles. The van der Waals surface area contributed by atoms with E-state index in [-0.39, 0.29) is 23.3 Å². The number of ether oxygens (including phenoxy) is 1. The van der Waals surface area contributed by atoms with Gasteiger partial charge in [0, 0.05) is 5.69 Å². The minimum Gasteiger partial charge on any atom is -0.483 e. The molecular formula is C23H28N2O2. The molecule has 2 aromatic carbocycles. The highest BCUT2D eigenvalue weighted by molar-refractivity contribution is 5.92. The van der Waals surface area contributed by atoms with Crippen molar-refractivity contribution in [3.05, 3.63) is 59.2 Å². The van der Waals surface area contributed by atoms with Crippen molar-refractivity contribution in [1.82, 2.24) is 0 Å². The van der Waals surface area contributed by atoms with Crippen molar-refractivity contribution in [2.24, 2.45) is 0 Å². The second kappa shape index (κ2) is 7.84. The van der Waals surface area contributed by atoms with Crippen LogP contribution in [0, 0.1) is 11.3 Å². The van der Waals surface area contributed by atoms with Crippen LogP contribution < -0.4 is 10.1 Å². The topological polar surface area (TPSA) is 62.1 Å². The van der Waals surface area contributed by atoms with Crippen LogP contribution in [-0.4, -0.2) is 12.5 Å². The Bertz CT molecular complexity index is 865. The number of nitriles is 1. The number of hydrogen-bond acceptors (Lipinski definition) is 3. The fourth-order valence-corrected chi connectivity index (χ4v) is 2.72. The minimum atomic E-state index is -0.259. The Morgan fingerprint density at radius 1 is 1.04 bits per heavy atom. The molecule has 0 fully saturated rings. The lowest BCUT2D eigenvalue weighted by Crippen LogP contribution is -2.22. The van der Waals surface area contributed by atoms with Gasteiger partial charge in [-0.25, -0.2) is 0 Å². The van der Waals surface area contributed by atoms with Crippen LogP contribution in [0.15, 0.2) is 42.5 Å². The van der Waals surface area contributed by atoms with Crippen LogP contribution in [0.25, 0.3) is 0 Å². The van der Waals surface area contributed by atoms with Crippen LogP contribution in [0.2, 0.25) is 0 Å². The van der Waals surface area contributed by atoms with Crippen molar-refractivity contribution in [3.8, 4) is 11.8 Å². The molecule has 0 heterocycles. The molecule has 0 radical (unpaired) electrons. The summed E-state index contributed by atoms with van der Waals surface area (Å²) in [4.78, 5) is 12.3. The quantitative estimate of drug-likeness (QED) is 0.814. The molecule has 0 unspecified atom stereocenters. The van der Waals surface area contributed by atoms with Crippen LogP contribution in [0.1, 0.15) is 58.2 Å². The summed E-state index contributed by atoms with van der Waals surface area (Å²) in [6.45, 7) is 12.8. The SMILES string of the molecule is CC(C)(C)c1ccc(OCC(=O)Nc2cccc(C#N)c2)c(C(C)(C)C)c1. The van der Waals surface area contributed by atoms with Crippen molar-refractivity contribution >= 4 is 11.6 Å². The van der Waals surface area contributed by atoms with Crippen LogP contribution >= 0.6 is 0 Å². The Kier molecular flexibility index (Phi) is 5.95. The summed E-state index contributed by atoms with van der Waals surface area (Å²) in [5.74, 6) is 0.460. The molecule has 0 aliphatic heterocycles. The largest absolute Gasteiger partial charge is 0.483 e. The Balaban J connectivity index is 2.14. The molecule has 0 aliphatic carbocycles. The normalized spacial score (nSPS) is 11.6. The van der Waals surface area contributed by atoms with Crippen molar-refractivity contribution in [2.45, 2.75) is 52.4 Å². The Labute approximate surface area is 162 Å². The average Bonchev–Trinajstić information content (AvgIpc) is 2.58. The maximum absolute atomic E-state index is 12.3. The molecule has 0 aliphatic rings. The first-order chi connectivity index (χ1) is 12.5. The van der Waals surface area contributed by atoms with E-state index >= 15 is 0 Å². The molecule has 1 amide bonds. The molecular weight excluding hydrogens is 336 g/mol. The molecule has 4 heteroatoms. The molecule has 0 atom stereocenters. The number of carbonyl (C=O) groups is 1. The van der Waals surface area contributed by atoms with Gasteiger partial charge in [-0.1, -0.05) is 59.7 Å². The first-order valence-electron chi connectivity index (χ1n) is 9.08. The standard InChI is InChI=1S/C23H28N2O2/c1-22(2,3)17-10-11-20(19(13-17)23(4,5)6)27-15-21(26)25-18-9-7-8-16(12-18)14-24/h7-13H,15H2,1-6H3,(H,25,26). The number of nitrogens with one attached hydrogen (secondary N) is 1. The van der Waals surface area contributed by atoms with Gasteiger partial charge in [0.05, 0.1) is 11.6 Å². The predicted molar refractivity (Wildman–Crippen MR) is 109 cm³/mol. The maximum atomic E-state index is 12.3. The molecule has 142 valence electrons. The summed E-state index contributed by atoms with van der Waals surface area (Å²) in [6.07, 6.45) is 0. The maximum Gasteiger partial charge on any atom is 0.262 e. The Morgan fingerprint density at radius 2 is 1.74 bits per heavy atom. The van der Waals surface area contributed by atoms with Gasteiger partial charge in [-0.3, -0.25) is 4.79 Å². The van der Waals surface area contributed by atoms with Crippen LogP contribution in [0.4, 0.5) is 5.69 Å². The van der Waals surface area contributed by atoms with Crippen LogP contribution in [0.5, 0.6) is 5.75 Å². The summed E-state index contributed by atoms with van der Waals surface area (Å²) < 4.78 is 5.84. The lowest BCUT2D eigenvalue weighted by Gasteiger charge is -2.27. The van der Waals surface area contributed by atoms with Crippen LogP contribution in [-0.2, 0) is 15.6 Å². The highest BCUT2D eigenvalue weighted by Gasteiger charge is 2.23. The van der Waals surface area contributed by atoms with E-state index < -0.39 is 0 Å². The van der Waals surface area contributed by atoms with Gasteiger partial charge in [0.2, 0.25) is 0 Å². The zero-order valence-corrected chi connectivity index (χ0v) is 17.0. The van der Waals surface area contributed by atoms with Gasteiger partial charge in [-0.05, 0) is 46.2 Å². The molecule has 2 rings (SSSR count). The van der Waals surface area contributed by atoms with E-state index in [1.54, 1.807) is 24.3 Å². The van der Waals surface area contributed by atoms with Crippen molar-refractivity contribution in [2.75, 3.05) is 11.9 Å². The highest BCUT2D eigenvalue weighted by Crippen LogP contribution is 2.35. The fraction of sp³-hybridized carbons (Fsp3) is 0.391. The number of nitrogens with zero attached hydrogens (tertiary/aromatic N) is 1. The second-order valence-electron chi connectivity index (χ2n) is 8.74. The van der Waals surface area contributed by atoms with Crippen molar-refractivity contribution in [3.63, 3.8) is 0 Å². The number of benzene rings is 2. The highest BCUT2D eigenvalue weighted by atomic mass is 16.5. The number of carbonyl (C=O) groups excluding carboxylic acids is 1. The molecule has 0 spiro atoms. The smallest absolute Gasteiger partial charge is 0.262 e. The first-order valence-corrected chi connectivity index (χ1v) is 9.08. The van der Waals surface area contributed by atoms with Gasteiger partial charge in [0.25, 0.3) is 5.91 Å². The van der Waals surface area contributed by atoms with Gasteiger partial charge >= 0.3 is 0 Å². The fourth-order valence-electron chi connectivity index (χ4n) is 2.72. The summed E-state index contributed by atoms with van der Waals surface area (Å²) in [6, 6.07) is 15.0. The molecule has 27 heavy (non-hydrogen) atoms. The summed E-state index contributed by atoms with van der Waals surface area (Å²) in [5, 5.41) is 11.7. The zero-order valence-electron chi connectivity index (χ0n) is 17.0. The summed E-state index contributed by atoms with van der Waals surface area (Å²) in [7, 11) is 0. The van der Waals surface area contributed by atoms with Gasteiger partial charge < -0.3 is 10.1 Å². The monoisotopic (exact) mass is 364 g/mol. The Morgan fingerprint density at radius 3 is 2.33 bits per heavy atom. The zero-order chi connectivity index (χ0) is 20.2. The van der Waals surface area contributed by atoms with E-state index in [0.717, 1.165) is 11.3 Å². The number of anilines is 1. The molecule has 2 aromatic rings. The molecule has 0 saturated carbocycles. The third-order valence-electron chi connectivity index (χ3n) is 4.29. The van der Waals surface area contributed by atoms with E-state index in [1.165, 1.54) is 5.56 Å². The van der Waals surface area contributed by atoms with Gasteiger partial charge in [0.1, 0.15) is 5.75 Å². The average molecular weight is 364 g/mol. The minimum absolute atomic E-state index is 0.0433.